The smallest absolute Gasteiger partial charge is 0.339 e. The molecule has 1 amide bonds. The van der Waals surface area contributed by atoms with Crippen molar-refractivity contribution in [2.45, 2.75) is 4.90 Å². The molecule has 0 unspecified atom stereocenters. The average molecular weight is 435 g/mol. The van der Waals surface area contributed by atoms with E-state index in [0.717, 1.165) is 0 Å². The number of halogens is 1. The highest BCUT2D eigenvalue weighted by Crippen LogP contribution is 2.39. The monoisotopic (exact) mass is 434 g/mol. The van der Waals surface area contributed by atoms with E-state index in [1.165, 1.54) is 24.5 Å². The second kappa shape index (κ2) is 8.14. The number of hydrogen-bond acceptors (Lipinski definition) is 6. The zero-order valence-corrected chi connectivity index (χ0v) is 17.0. The van der Waals surface area contributed by atoms with E-state index in [0.29, 0.717) is 37.4 Å². The Labute approximate surface area is 175 Å². The van der Waals surface area contributed by atoms with Crippen molar-refractivity contribution < 1.29 is 19.4 Å². The number of carbonyl (C=O) groups excluding carboxylic acids is 1. The predicted molar refractivity (Wildman–Crippen MR) is 114 cm³/mol. The van der Waals surface area contributed by atoms with Crippen LogP contribution in [0.4, 0.5) is 11.4 Å². The van der Waals surface area contributed by atoms with Crippen molar-refractivity contribution in [3.05, 3.63) is 57.9 Å². The molecule has 4 N–H and O–H groups in total. The molecule has 9 heteroatoms. The lowest BCUT2D eigenvalue weighted by atomic mass is 10.1. The van der Waals surface area contributed by atoms with Crippen LogP contribution >= 0.6 is 35.6 Å². The van der Waals surface area contributed by atoms with Crippen LogP contribution in [0.3, 0.4) is 0 Å². The third kappa shape index (κ3) is 3.94. The van der Waals surface area contributed by atoms with Crippen LogP contribution in [0.1, 0.15) is 20.7 Å². The average Bonchev–Trinajstić information content (AvgIpc) is 3.08. The van der Waals surface area contributed by atoms with E-state index < -0.39 is 11.9 Å². The Kier molecular flexibility index (Phi) is 5.83. The lowest BCUT2D eigenvalue weighted by molar-refractivity contribution is 0.0699. The van der Waals surface area contributed by atoms with Crippen molar-refractivity contribution in [2.75, 3.05) is 18.2 Å². The van der Waals surface area contributed by atoms with Crippen molar-refractivity contribution in [3.63, 3.8) is 0 Å². The second-order valence-corrected chi connectivity index (χ2v) is 7.50. The summed E-state index contributed by atoms with van der Waals surface area (Å²) in [5.74, 6) is -1.21. The number of nitrogens with one attached hydrogen (secondary N) is 1. The third-order valence-electron chi connectivity index (χ3n) is 3.96. The molecule has 2 aromatic carbocycles. The molecule has 0 saturated heterocycles. The van der Waals surface area contributed by atoms with Gasteiger partial charge in [-0.2, -0.15) is 0 Å². The highest BCUT2D eigenvalue weighted by atomic mass is 35.5. The number of thiol groups is 1. The van der Waals surface area contributed by atoms with Crippen LogP contribution < -0.4 is 15.8 Å². The van der Waals surface area contributed by atoms with Crippen LogP contribution in [0, 0.1) is 0 Å². The minimum absolute atomic E-state index is 0.0125. The molecule has 0 aliphatic rings. The maximum absolute atomic E-state index is 12.5. The summed E-state index contributed by atoms with van der Waals surface area (Å²) < 4.78 is 5.19. The first-order valence-electron chi connectivity index (χ1n) is 7.90. The number of nitrogen functional groups attached to an aromatic ring is 1. The summed E-state index contributed by atoms with van der Waals surface area (Å²) in [6.45, 7) is 0. The molecule has 1 aromatic heterocycles. The van der Waals surface area contributed by atoms with Crippen LogP contribution in [0.5, 0.6) is 5.75 Å². The fraction of sp³-hybridized carbons (Fsp3) is 0.0526. The molecule has 0 aliphatic carbocycles. The maximum Gasteiger partial charge on any atom is 0.339 e. The third-order valence-corrected chi connectivity index (χ3v) is 5.70. The summed E-state index contributed by atoms with van der Waals surface area (Å²) in [5, 5.41) is 14.3. The number of carbonyl (C=O) groups is 2. The van der Waals surface area contributed by atoms with Crippen molar-refractivity contribution in [1.82, 2.24) is 0 Å². The lowest BCUT2D eigenvalue weighted by Crippen LogP contribution is -2.14. The van der Waals surface area contributed by atoms with Crippen LogP contribution in [-0.2, 0) is 0 Å². The zero-order valence-electron chi connectivity index (χ0n) is 14.5. The Hall–Kier alpha value is -2.68. The molecule has 3 rings (SSSR count). The number of amides is 1. The largest absolute Gasteiger partial charge is 0.495 e. The molecule has 6 nitrogen and oxygen atoms in total. The van der Waals surface area contributed by atoms with E-state index in [4.69, 9.17) is 22.1 Å². The number of ether oxygens (including phenoxy) is 1. The summed E-state index contributed by atoms with van der Waals surface area (Å²) in [7, 11) is 1.48. The van der Waals surface area contributed by atoms with Crippen LogP contribution in [0.15, 0.2) is 46.7 Å². The van der Waals surface area contributed by atoms with E-state index >= 15 is 0 Å². The van der Waals surface area contributed by atoms with Crippen molar-refractivity contribution in [3.8, 4) is 16.2 Å². The van der Waals surface area contributed by atoms with Gasteiger partial charge in [0.25, 0.3) is 5.91 Å². The fourth-order valence-electron chi connectivity index (χ4n) is 2.57. The second-order valence-electron chi connectivity index (χ2n) is 5.74. The number of carboxylic acid groups (broad SMARTS) is 1. The number of nitrogens with two attached hydrogens (primary N) is 1. The van der Waals surface area contributed by atoms with Gasteiger partial charge in [0.15, 0.2) is 0 Å². The molecule has 1 heterocycles. The first-order valence-corrected chi connectivity index (χ1v) is 9.60. The van der Waals surface area contributed by atoms with E-state index in [-0.39, 0.29) is 11.3 Å². The number of thiophene rings is 1. The van der Waals surface area contributed by atoms with Gasteiger partial charge < -0.3 is 20.9 Å². The molecule has 0 fully saturated rings. The minimum Gasteiger partial charge on any atom is -0.495 e. The van der Waals surface area contributed by atoms with Gasteiger partial charge in [-0.25, -0.2) is 4.79 Å². The number of methoxy groups -OCH3 is 1. The number of rotatable bonds is 5. The summed E-state index contributed by atoms with van der Waals surface area (Å²) >= 11 is 11.4. The standard InChI is InChI=1S/C19H15ClN2O4S2/c1-26-14-7-9(2-4-11(14)20)17-16(19(24)25)13(8-28-17)22-18(23)10-3-5-15(27)12(21)6-10/h2-8,27H,21H2,1H3,(H,22,23)(H,24,25). The minimum atomic E-state index is -1.16. The van der Waals surface area contributed by atoms with E-state index in [2.05, 4.69) is 17.9 Å². The topological polar surface area (TPSA) is 102 Å². The Morgan fingerprint density at radius 1 is 1.25 bits per heavy atom. The van der Waals surface area contributed by atoms with Crippen molar-refractivity contribution in [1.29, 1.82) is 0 Å². The molecule has 0 spiro atoms. The van der Waals surface area contributed by atoms with Gasteiger partial charge >= 0.3 is 5.97 Å². The van der Waals surface area contributed by atoms with Crippen LogP contribution in [0.25, 0.3) is 10.4 Å². The molecule has 0 bridgehead atoms. The number of benzene rings is 2. The molecular formula is C19H15ClN2O4S2. The van der Waals surface area contributed by atoms with Gasteiger partial charge in [0.05, 0.1) is 22.7 Å². The highest BCUT2D eigenvalue weighted by molar-refractivity contribution is 7.80. The molecule has 0 atom stereocenters. The normalized spacial score (nSPS) is 10.5. The van der Waals surface area contributed by atoms with Gasteiger partial charge in [0.2, 0.25) is 0 Å². The van der Waals surface area contributed by atoms with Crippen molar-refractivity contribution >= 4 is 58.8 Å². The summed E-state index contributed by atoms with van der Waals surface area (Å²) in [6.07, 6.45) is 0. The van der Waals surface area contributed by atoms with Gasteiger partial charge in [-0.15, -0.1) is 24.0 Å². The zero-order chi connectivity index (χ0) is 20.4. The lowest BCUT2D eigenvalue weighted by Gasteiger charge is -2.09. The van der Waals surface area contributed by atoms with Gasteiger partial charge in [-0.1, -0.05) is 17.7 Å². The number of aromatic carboxylic acids is 1. The Balaban J connectivity index is 1.98. The highest BCUT2D eigenvalue weighted by Gasteiger charge is 2.22. The summed E-state index contributed by atoms with van der Waals surface area (Å²) in [5.41, 5.74) is 7.23. The van der Waals surface area contributed by atoms with Gasteiger partial charge in [-0.05, 0) is 35.9 Å². The van der Waals surface area contributed by atoms with Crippen molar-refractivity contribution in [2.24, 2.45) is 0 Å². The molecule has 3 aromatic rings. The molecule has 144 valence electrons. The molecule has 0 radical (unpaired) electrons. The first kappa shape index (κ1) is 20.1. The Bertz CT molecular complexity index is 1080. The fourth-order valence-corrected chi connectivity index (χ4v) is 3.89. The molecule has 0 saturated carbocycles. The van der Waals surface area contributed by atoms with Crippen LogP contribution in [-0.4, -0.2) is 24.1 Å². The molecule has 0 aliphatic heterocycles. The van der Waals surface area contributed by atoms with Gasteiger partial charge in [0.1, 0.15) is 11.3 Å². The summed E-state index contributed by atoms with van der Waals surface area (Å²) in [6, 6.07) is 9.62. The SMILES string of the molecule is COc1cc(-c2scc(NC(=O)c3ccc(S)c(N)c3)c2C(=O)O)ccc1Cl. The number of carboxylic acids is 1. The quantitative estimate of drug-likeness (QED) is 0.338. The number of anilines is 2. The Morgan fingerprint density at radius 2 is 2.00 bits per heavy atom. The van der Waals surface area contributed by atoms with E-state index in [1.54, 1.807) is 35.7 Å². The van der Waals surface area contributed by atoms with Gasteiger partial charge in [-0.3, -0.25) is 4.79 Å². The first-order chi connectivity index (χ1) is 13.3. The van der Waals surface area contributed by atoms with Gasteiger partial charge in [0, 0.05) is 21.5 Å². The Morgan fingerprint density at radius 3 is 2.64 bits per heavy atom. The number of hydrogen-bond donors (Lipinski definition) is 4. The maximum atomic E-state index is 12.5. The molecule has 28 heavy (non-hydrogen) atoms. The summed E-state index contributed by atoms with van der Waals surface area (Å²) in [4.78, 5) is 25.4. The molecular weight excluding hydrogens is 420 g/mol. The van der Waals surface area contributed by atoms with Crippen LogP contribution in [0.2, 0.25) is 5.02 Å². The predicted octanol–water partition coefficient (Wildman–Crippen LogP) is 4.90. The van der Waals surface area contributed by atoms with E-state index in [9.17, 15) is 14.7 Å². The van der Waals surface area contributed by atoms with E-state index in [1.807, 2.05) is 0 Å².